The summed E-state index contributed by atoms with van der Waals surface area (Å²) in [6.45, 7) is 0.605. The lowest BCUT2D eigenvalue weighted by Crippen LogP contribution is -2.31. The van der Waals surface area contributed by atoms with Gasteiger partial charge < -0.3 is 10.2 Å². The van der Waals surface area contributed by atoms with Gasteiger partial charge in [0.15, 0.2) is 0 Å². The second-order valence-electron chi connectivity index (χ2n) is 7.39. The van der Waals surface area contributed by atoms with Crippen LogP contribution in [0.4, 0.5) is 11.4 Å². The standard InChI is InChI=1S/C19H27N5O6S2/c1-22(2)12-11-21-31(27,28)16-9-10-17(18(13-16)24(25)26)20-14-15-7-5-6-8-19(15)32(29,30)23(3)4/h5-10,13,20-21H,11-12,14H2,1-4H3. The monoisotopic (exact) mass is 485 g/mol. The second kappa shape index (κ2) is 10.4. The van der Waals surface area contributed by atoms with E-state index in [1.165, 1.54) is 32.3 Å². The van der Waals surface area contributed by atoms with Crippen molar-refractivity contribution in [2.75, 3.05) is 46.6 Å². The van der Waals surface area contributed by atoms with Crippen molar-refractivity contribution >= 4 is 31.4 Å². The van der Waals surface area contributed by atoms with E-state index in [2.05, 4.69) is 10.0 Å². The molecule has 0 radical (unpaired) electrons. The van der Waals surface area contributed by atoms with Gasteiger partial charge in [0.2, 0.25) is 20.0 Å². The first kappa shape index (κ1) is 25.7. The van der Waals surface area contributed by atoms with Crippen molar-refractivity contribution in [1.82, 2.24) is 13.9 Å². The number of hydrogen-bond acceptors (Lipinski definition) is 8. The van der Waals surface area contributed by atoms with Crippen molar-refractivity contribution in [1.29, 1.82) is 0 Å². The number of hydrogen-bond donors (Lipinski definition) is 2. The summed E-state index contributed by atoms with van der Waals surface area (Å²) in [7, 11) is -1.22. The molecule has 0 atom stereocenters. The van der Waals surface area contributed by atoms with E-state index in [9.17, 15) is 26.9 Å². The van der Waals surface area contributed by atoms with Crippen LogP contribution in [0.5, 0.6) is 0 Å². The van der Waals surface area contributed by atoms with Crippen molar-refractivity contribution in [3.63, 3.8) is 0 Å². The number of likely N-dealkylation sites (N-methyl/N-ethyl adjacent to an activating group) is 1. The molecule has 0 fully saturated rings. The molecule has 2 aromatic carbocycles. The van der Waals surface area contributed by atoms with E-state index in [-0.39, 0.29) is 28.6 Å². The third-order valence-corrected chi connectivity index (χ3v) is 7.90. The van der Waals surface area contributed by atoms with Gasteiger partial charge in [0.25, 0.3) is 5.69 Å². The second-order valence-corrected chi connectivity index (χ2v) is 11.3. The number of nitro benzene ring substituents is 1. The summed E-state index contributed by atoms with van der Waals surface area (Å²) in [5.41, 5.74) is 0.0466. The summed E-state index contributed by atoms with van der Waals surface area (Å²) in [6, 6.07) is 9.83. The first-order valence-electron chi connectivity index (χ1n) is 9.53. The van der Waals surface area contributed by atoms with Crippen LogP contribution in [-0.4, -0.2) is 72.2 Å². The molecule has 2 N–H and O–H groups in total. The van der Waals surface area contributed by atoms with Crippen molar-refractivity contribution in [3.05, 3.63) is 58.1 Å². The van der Waals surface area contributed by atoms with E-state index in [0.717, 1.165) is 10.4 Å². The fraction of sp³-hybridized carbons (Fsp3) is 0.368. The highest BCUT2D eigenvalue weighted by Crippen LogP contribution is 2.29. The highest BCUT2D eigenvalue weighted by atomic mass is 32.2. The predicted molar refractivity (Wildman–Crippen MR) is 121 cm³/mol. The number of nitro groups is 1. The van der Waals surface area contributed by atoms with Gasteiger partial charge in [0, 0.05) is 39.8 Å². The zero-order chi connectivity index (χ0) is 24.1. The van der Waals surface area contributed by atoms with Gasteiger partial charge in [-0.25, -0.2) is 25.9 Å². The number of sulfonamides is 2. The molecule has 2 rings (SSSR count). The van der Waals surface area contributed by atoms with Gasteiger partial charge in [-0.1, -0.05) is 18.2 Å². The van der Waals surface area contributed by atoms with Gasteiger partial charge in [-0.3, -0.25) is 10.1 Å². The smallest absolute Gasteiger partial charge is 0.293 e. The molecule has 0 aromatic heterocycles. The molecule has 11 nitrogen and oxygen atoms in total. The summed E-state index contributed by atoms with van der Waals surface area (Å²) in [5.74, 6) is 0. The van der Waals surface area contributed by atoms with Crippen LogP contribution in [-0.2, 0) is 26.6 Å². The Hall–Kier alpha value is -2.58. The first-order chi connectivity index (χ1) is 14.9. The zero-order valence-corrected chi connectivity index (χ0v) is 19.9. The lowest BCUT2D eigenvalue weighted by atomic mass is 10.2. The molecule has 0 aliphatic rings. The van der Waals surface area contributed by atoms with Crippen molar-refractivity contribution in [3.8, 4) is 0 Å². The molecule has 0 spiro atoms. The number of benzene rings is 2. The molecule has 0 aliphatic carbocycles. The Kier molecular flexibility index (Phi) is 8.31. The largest absolute Gasteiger partial charge is 0.375 e. The van der Waals surface area contributed by atoms with Gasteiger partial charge in [0.1, 0.15) is 5.69 Å². The van der Waals surface area contributed by atoms with E-state index in [4.69, 9.17) is 0 Å². The molecule has 0 bridgehead atoms. The normalized spacial score (nSPS) is 12.3. The van der Waals surface area contributed by atoms with Gasteiger partial charge in [-0.15, -0.1) is 0 Å². The molecule has 0 saturated heterocycles. The molecular formula is C19H27N5O6S2. The van der Waals surface area contributed by atoms with Crippen molar-refractivity contribution in [2.45, 2.75) is 16.3 Å². The Balaban J connectivity index is 2.31. The average Bonchev–Trinajstić information content (AvgIpc) is 2.71. The summed E-state index contributed by atoms with van der Waals surface area (Å²) in [6.07, 6.45) is 0. The minimum atomic E-state index is -3.93. The molecular weight excluding hydrogens is 458 g/mol. The predicted octanol–water partition coefficient (Wildman–Crippen LogP) is 1.30. The number of nitrogens with one attached hydrogen (secondary N) is 2. The SMILES string of the molecule is CN(C)CCNS(=O)(=O)c1ccc(NCc2ccccc2S(=O)(=O)N(C)C)c([N+](=O)[O-])c1. The van der Waals surface area contributed by atoms with Crippen LogP contribution in [0.25, 0.3) is 0 Å². The van der Waals surface area contributed by atoms with Crippen LogP contribution < -0.4 is 10.0 Å². The zero-order valence-electron chi connectivity index (χ0n) is 18.3. The molecule has 32 heavy (non-hydrogen) atoms. The van der Waals surface area contributed by atoms with E-state index in [1.807, 2.05) is 0 Å². The number of rotatable bonds is 11. The van der Waals surface area contributed by atoms with Crippen LogP contribution in [0.15, 0.2) is 52.3 Å². The quantitative estimate of drug-likeness (QED) is 0.358. The van der Waals surface area contributed by atoms with Gasteiger partial charge in [-0.05, 0) is 37.9 Å². The lowest BCUT2D eigenvalue weighted by Gasteiger charge is -2.16. The third kappa shape index (κ3) is 6.23. The highest BCUT2D eigenvalue weighted by Gasteiger charge is 2.23. The Morgan fingerprint density at radius 1 is 1.00 bits per heavy atom. The Labute approximate surface area is 188 Å². The van der Waals surface area contributed by atoms with Gasteiger partial charge in [0.05, 0.1) is 14.7 Å². The van der Waals surface area contributed by atoms with E-state index >= 15 is 0 Å². The third-order valence-electron chi connectivity index (χ3n) is 4.53. The molecule has 2 aromatic rings. The summed E-state index contributed by atoms with van der Waals surface area (Å²) in [4.78, 5) is 12.5. The minimum Gasteiger partial charge on any atom is -0.375 e. The topological polar surface area (TPSA) is 142 Å². The summed E-state index contributed by atoms with van der Waals surface area (Å²) >= 11 is 0. The Morgan fingerprint density at radius 3 is 2.25 bits per heavy atom. The van der Waals surface area contributed by atoms with E-state index < -0.39 is 30.7 Å². The minimum absolute atomic E-state index is 0.0166. The molecule has 0 heterocycles. The van der Waals surface area contributed by atoms with Crippen LogP contribution in [0.2, 0.25) is 0 Å². The number of anilines is 1. The Bertz CT molecular complexity index is 1180. The van der Waals surface area contributed by atoms with E-state index in [0.29, 0.717) is 12.1 Å². The first-order valence-corrected chi connectivity index (χ1v) is 12.5. The lowest BCUT2D eigenvalue weighted by molar-refractivity contribution is -0.384. The molecule has 176 valence electrons. The van der Waals surface area contributed by atoms with E-state index in [1.54, 1.807) is 37.2 Å². The van der Waals surface area contributed by atoms with Crippen LogP contribution in [0, 0.1) is 10.1 Å². The van der Waals surface area contributed by atoms with Crippen molar-refractivity contribution < 1.29 is 21.8 Å². The van der Waals surface area contributed by atoms with Crippen LogP contribution in [0.3, 0.4) is 0 Å². The van der Waals surface area contributed by atoms with Gasteiger partial charge >= 0.3 is 0 Å². The summed E-state index contributed by atoms with van der Waals surface area (Å²) < 4.78 is 53.5. The maximum Gasteiger partial charge on any atom is 0.293 e. The summed E-state index contributed by atoms with van der Waals surface area (Å²) in [5, 5.41) is 14.4. The molecule has 0 saturated carbocycles. The van der Waals surface area contributed by atoms with Crippen molar-refractivity contribution in [2.24, 2.45) is 0 Å². The maximum absolute atomic E-state index is 12.5. The molecule has 0 amide bonds. The number of nitrogens with zero attached hydrogens (tertiary/aromatic N) is 3. The fourth-order valence-electron chi connectivity index (χ4n) is 2.75. The average molecular weight is 486 g/mol. The molecule has 0 unspecified atom stereocenters. The fourth-order valence-corrected chi connectivity index (χ4v) is 4.91. The molecule has 13 heteroatoms. The van der Waals surface area contributed by atoms with Gasteiger partial charge in [-0.2, -0.15) is 0 Å². The van der Waals surface area contributed by atoms with Crippen LogP contribution >= 0.6 is 0 Å². The Morgan fingerprint density at radius 2 is 1.66 bits per heavy atom. The van der Waals surface area contributed by atoms with Crippen LogP contribution in [0.1, 0.15) is 5.56 Å². The maximum atomic E-state index is 12.5. The molecule has 0 aliphatic heterocycles. The highest BCUT2D eigenvalue weighted by molar-refractivity contribution is 7.89.